The first-order valence-corrected chi connectivity index (χ1v) is 5.43. The second kappa shape index (κ2) is 4.69. The Morgan fingerprint density at radius 1 is 1.11 bits per heavy atom. The van der Waals surface area contributed by atoms with E-state index in [0.717, 1.165) is 5.56 Å². The highest BCUT2D eigenvalue weighted by Gasteiger charge is 2.08. The van der Waals surface area contributed by atoms with Gasteiger partial charge in [0.1, 0.15) is 0 Å². The van der Waals surface area contributed by atoms with Crippen LogP contribution in [-0.2, 0) is 0 Å². The third-order valence-corrected chi connectivity index (χ3v) is 2.32. The molecule has 0 atom stereocenters. The Morgan fingerprint density at radius 3 is 2.63 bits per heavy atom. The van der Waals surface area contributed by atoms with Gasteiger partial charge in [-0.1, -0.05) is 30.3 Å². The van der Waals surface area contributed by atoms with E-state index in [-0.39, 0.29) is 17.1 Å². The number of hydrazone groups is 1. The molecule has 0 fully saturated rings. The third kappa shape index (κ3) is 2.32. The maximum atomic E-state index is 5.71. The lowest BCUT2D eigenvalue weighted by Gasteiger charge is -2.00. The molecule has 1 aromatic carbocycles. The second-order valence-electron chi connectivity index (χ2n) is 3.65. The smallest absolute Gasteiger partial charge is 0.245 e. The third-order valence-electron chi connectivity index (χ3n) is 2.32. The van der Waals surface area contributed by atoms with Gasteiger partial charge in [0, 0.05) is 0 Å². The first-order chi connectivity index (χ1) is 9.33. The first kappa shape index (κ1) is 11.1. The van der Waals surface area contributed by atoms with Gasteiger partial charge in [0.15, 0.2) is 11.6 Å². The summed E-state index contributed by atoms with van der Waals surface area (Å²) in [6.07, 6.45) is 1.65. The Kier molecular flexibility index (Phi) is 2.73. The number of fused-ring (bicyclic) bond motifs is 1. The van der Waals surface area contributed by atoms with Gasteiger partial charge in [-0.2, -0.15) is 10.1 Å². The van der Waals surface area contributed by atoms with Crippen molar-refractivity contribution in [3.63, 3.8) is 0 Å². The van der Waals surface area contributed by atoms with Gasteiger partial charge in [0.2, 0.25) is 11.3 Å². The highest BCUT2D eigenvalue weighted by molar-refractivity contribution is 5.80. The van der Waals surface area contributed by atoms with Gasteiger partial charge < -0.3 is 5.73 Å². The molecule has 8 nitrogen and oxygen atoms in total. The summed E-state index contributed by atoms with van der Waals surface area (Å²) >= 11 is 0. The topological polar surface area (TPSA) is 115 Å². The lowest BCUT2D eigenvalue weighted by molar-refractivity contribution is 0.314. The molecule has 0 saturated carbocycles. The minimum absolute atomic E-state index is 0.174. The standard InChI is InChI=1S/C11H9N7O/c12-8-9(15-11-10(14-8)17-19-18-11)16-13-6-7-4-2-1-3-5-7/h1-6H,(H2,12,14,17)(H,15,16,18)/b13-6-. The molecule has 0 radical (unpaired) electrons. The van der Waals surface area contributed by atoms with Crippen molar-refractivity contribution in [1.29, 1.82) is 0 Å². The molecular weight excluding hydrogens is 246 g/mol. The van der Waals surface area contributed by atoms with Crippen molar-refractivity contribution in [2.75, 3.05) is 11.2 Å². The number of benzene rings is 1. The van der Waals surface area contributed by atoms with E-state index in [1.54, 1.807) is 6.21 Å². The van der Waals surface area contributed by atoms with Gasteiger partial charge >= 0.3 is 0 Å². The van der Waals surface area contributed by atoms with Crippen molar-refractivity contribution < 1.29 is 4.63 Å². The zero-order chi connectivity index (χ0) is 13.1. The molecule has 94 valence electrons. The van der Waals surface area contributed by atoms with E-state index < -0.39 is 0 Å². The summed E-state index contributed by atoms with van der Waals surface area (Å²) in [6, 6.07) is 9.61. The minimum Gasteiger partial charge on any atom is -0.380 e. The van der Waals surface area contributed by atoms with E-state index >= 15 is 0 Å². The molecule has 0 bridgehead atoms. The van der Waals surface area contributed by atoms with Gasteiger partial charge in [-0.15, -0.1) is 0 Å². The van der Waals surface area contributed by atoms with Crippen molar-refractivity contribution in [3.8, 4) is 0 Å². The van der Waals surface area contributed by atoms with E-state index in [1.807, 2.05) is 30.3 Å². The molecule has 2 heterocycles. The van der Waals surface area contributed by atoms with E-state index in [0.29, 0.717) is 5.82 Å². The summed E-state index contributed by atoms with van der Waals surface area (Å²) in [7, 11) is 0. The molecule has 3 aromatic rings. The van der Waals surface area contributed by atoms with Crippen LogP contribution in [0.3, 0.4) is 0 Å². The number of hydrogen-bond donors (Lipinski definition) is 2. The minimum atomic E-state index is 0.174. The van der Waals surface area contributed by atoms with Gasteiger partial charge in [-0.3, -0.25) is 5.43 Å². The fourth-order valence-corrected chi connectivity index (χ4v) is 1.44. The molecule has 0 amide bonds. The van der Waals surface area contributed by atoms with Crippen LogP contribution in [0.2, 0.25) is 0 Å². The Balaban J connectivity index is 1.81. The summed E-state index contributed by atoms with van der Waals surface area (Å²) in [6.45, 7) is 0. The van der Waals surface area contributed by atoms with Gasteiger partial charge in [-0.25, -0.2) is 9.61 Å². The van der Waals surface area contributed by atoms with Crippen LogP contribution in [0.15, 0.2) is 40.1 Å². The van der Waals surface area contributed by atoms with Crippen LogP contribution in [0.5, 0.6) is 0 Å². The zero-order valence-electron chi connectivity index (χ0n) is 9.69. The monoisotopic (exact) mass is 255 g/mol. The number of anilines is 2. The summed E-state index contributed by atoms with van der Waals surface area (Å²) in [5, 5.41) is 11.1. The molecule has 19 heavy (non-hydrogen) atoms. The predicted molar refractivity (Wildman–Crippen MR) is 69.5 cm³/mol. The molecule has 0 aliphatic carbocycles. The lowest BCUT2D eigenvalue weighted by atomic mass is 10.2. The number of aromatic nitrogens is 4. The van der Waals surface area contributed by atoms with Crippen LogP contribution in [0.1, 0.15) is 5.56 Å². The maximum Gasteiger partial charge on any atom is 0.245 e. The van der Waals surface area contributed by atoms with Crippen LogP contribution in [-0.4, -0.2) is 26.5 Å². The second-order valence-corrected chi connectivity index (χ2v) is 3.65. The number of nitrogen functional groups attached to an aromatic ring is 1. The molecule has 8 heteroatoms. The summed E-state index contributed by atoms with van der Waals surface area (Å²) in [5.74, 6) is 0.476. The van der Waals surface area contributed by atoms with Crippen LogP contribution in [0.4, 0.5) is 11.6 Å². The van der Waals surface area contributed by atoms with Crippen LogP contribution in [0.25, 0.3) is 11.3 Å². The lowest BCUT2D eigenvalue weighted by Crippen LogP contribution is -2.02. The summed E-state index contributed by atoms with van der Waals surface area (Å²) in [4.78, 5) is 8.06. The molecule has 0 saturated heterocycles. The molecule has 0 unspecified atom stereocenters. The van der Waals surface area contributed by atoms with Crippen molar-refractivity contribution in [2.24, 2.45) is 5.10 Å². The fourth-order valence-electron chi connectivity index (χ4n) is 1.44. The number of rotatable bonds is 3. The van der Waals surface area contributed by atoms with Crippen molar-refractivity contribution in [2.45, 2.75) is 0 Å². The molecule has 3 N–H and O–H groups in total. The van der Waals surface area contributed by atoms with Crippen LogP contribution in [0, 0.1) is 0 Å². The SMILES string of the molecule is Nc1nc2nonc2nc1N/N=C\c1ccccc1. The van der Waals surface area contributed by atoms with Crippen molar-refractivity contribution in [1.82, 2.24) is 20.3 Å². The Labute approximate surface area is 107 Å². The molecule has 2 aromatic heterocycles. The molecule has 0 aliphatic heterocycles. The van der Waals surface area contributed by atoms with Gasteiger partial charge in [-0.05, 0) is 15.9 Å². The molecular formula is C11H9N7O. The number of hydrogen-bond acceptors (Lipinski definition) is 8. The van der Waals surface area contributed by atoms with E-state index in [9.17, 15) is 0 Å². The van der Waals surface area contributed by atoms with E-state index in [4.69, 9.17) is 5.73 Å². The van der Waals surface area contributed by atoms with E-state index in [2.05, 4.69) is 35.4 Å². The fraction of sp³-hybridized carbons (Fsp3) is 0. The van der Waals surface area contributed by atoms with Crippen LogP contribution < -0.4 is 11.2 Å². The van der Waals surface area contributed by atoms with Crippen molar-refractivity contribution in [3.05, 3.63) is 35.9 Å². The van der Waals surface area contributed by atoms with E-state index in [1.165, 1.54) is 0 Å². The number of nitrogens with two attached hydrogens (primary N) is 1. The maximum absolute atomic E-state index is 5.71. The number of nitrogens with zero attached hydrogens (tertiary/aromatic N) is 5. The highest BCUT2D eigenvalue weighted by Crippen LogP contribution is 2.15. The summed E-state index contributed by atoms with van der Waals surface area (Å²) in [5.41, 5.74) is 9.89. The summed E-state index contributed by atoms with van der Waals surface area (Å²) < 4.78 is 4.50. The molecule has 3 rings (SSSR count). The Hall–Kier alpha value is -3.03. The normalized spacial score (nSPS) is 11.2. The van der Waals surface area contributed by atoms with Crippen molar-refractivity contribution >= 4 is 29.1 Å². The predicted octanol–water partition coefficient (Wildman–Crippen LogP) is 1.04. The Morgan fingerprint density at radius 2 is 1.84 bits per heavy atom. The average Bonchev–Trinajstić information content (AvgIpc) is 2.87. The van der Waals surface area contributed by atoms with Crippen LogP contribution >= 0.6 is 0 Å². The van der Waals surface area contributed by atoms with Gasteiger partial charge in [0.05, 0.1) is 6.21 Å². The first-order valence-electron chi connectivity index (χ1n) is 5.43. The molecule has 0 spiro atoms. The molecule has 0 aliphatic rings. The Bertz CT molecular complexity index is 722. The highest BCUT2D eigenvalue weighted by atomic mass is 16.6. The largest absolute Gasteiger partial charge is 0.380 e. The quantitative estimate of drug-likeness (QED) is 0.530. The average molecular weight is 255 g/mol. The number of nitrogens with one attached hydrogen (secondary N) is 1. The van der Waals surface area contributed by atoms with Gasteiger partial charge in [0.25, 0.3) is 0 Å². The zero-order valence-corrected chi connectivity index (χ0v) is 9.69.